The minimum absolute atomic E-state index is 0.214. The van der Waals surface area contributed by atoms with Crippen LogP contribution in [-0.4, -0.2) is 30.6 Å². The first-order valence-corrected chi connectivity index (χ1v) is 11.2. The summed E-state index contributed by atoms with van der Waals surface area (Å²) in [5.74, 6) is 0.176. The van der Waals surface area contributed by atoms with Gasteiger partial charge in [-0.25, -0.2) is 0 Å². The zero-order valence-corrected chi connectivity index (χ0v) is 17.4. The molecule has 0 radical (unpaired) electrons. The minimum atomic E-state index is -5.57. The number of hydrogen-bond acceptors (Lipinski definition) is 5. The lowest BCUT2D eigenvalue weighted by Crippen LogP contribution is -2.30. The van der Waals surface area contributed by atoms with Crippen molar-refractivity contribution in [3.05, 3.63) is 78.1 Å². The first-order valence-electron chi connectivity index (χ1n) is 9.69. The van der Waals surface area contributed by atoms with Crippen molar-refractivity contribution >= 4 is 15.7 Å². The van der Waals surface area contributed by atoms with Crippen LogP contribution in [-0.2, 0) is 16.4 Å². The summed E-state index contributed by atoms with van der Waals surface area (Å²) in [5, 5.41) is 10.8. The Balaban J connectivity index is 1.61. The average molecular weight is 464 g/mol. The van der Waals surface area contributed by atoms with E-state index in [-0.39, 0.29) is 23.8 Å². The van der Waals surface area contributed by atoms with Crippen LogP contribution in [0, 0.1) is 5.92 Å². The topological polar surface area (TPSA) is 88.5 Å². The Morgan fingerprint density at radius 3 is 2.56 bits per heavy atom. The number of benzene rings is 2. The molecular weight excluding hydrogens is 445 g/mol. The van der Waals surface area contributed by atoms with E-state index in [4.69, 9.17) is 4.74 Å². The van der Waals surface area contributed by atoms with Gasteiger partial charge < -0.3 is 9.84 Å². The number of halogens is 3. The van der Waals surface area contributed by atoms with Crippen molar-refractivity contribution in [2.75, 3.05) is 11.3 Å². The maximum Gasteiger partial charge on any atom is 0.516 e. The van der Waals surface area contributed by atoms with Crippen LogP contribution in [0.1, 0.15) is 17.4 Å². The smallest absolute Gasteiger partial charge is 0.493 e. The number of aliphatic hydroxyl groups is 1. The van der Waals surface area contributed by atoms with Gasteiger partial charge in [-0.3, -0.25) is 9.71 Å². The molecule has 168 valence electrons. The number of nitrogens with one attached hydrogen (secondary N) is 1. The largest absolute Gasteiger partial charge is 0.516 e. The minimum Gasteiger partial charge on any atom is -0.493 e. The number of sulfonamides is 1. The second-order valence-corrected chi connectivity index (χ2v) is 9.06. The van der Waals surface area contributed by atoms with Crippen molar-refractivity contribution in [1.82, 2.24) is 4.98 Å². The van der Waals surface area contributed by atoms with E-state index in [2.05, 4.69) is 4.98 Å². The van der Waals surface area contributed by atoms with Crippen molar-refractivity contribution in [3.63, 3.8) is 0 Å². The van der Waals surface area contributed by atoms with Crippen molar-refractivity contribution in [2.24, 2.45) is 5.92 Å². The van der Waals surface area contributed by atoms with Crippen molar-refractivity contribution in [2.45, 2.75) is 18.0 Å². The number of anilines is 1. The van der Waals surface area contributed by atoms with Crippen molar-refractivity contribution < 1.29 is 31.4 Å². The monoisotopic (exact) mass is 464 g/mol. The van der Waals surface area contributed by atoms with Gasteiger partial charge in [0.15, 0.2) is 0 Å². The number of hydrogen-bond donors (Lipinski definition) is 2. The summed E-state index contributed by atoms with van der Waals surface area (Å²) in [6.45, 7) is 0.233. The van der Waals surface area contributed by atoms with Gasteiger partial charge in [0.25, 0.3) is 0 Å². The maximum atomic E-state index is 12.8. The molecular formula is C22H19F3N2O4S. The Morgan fingerprint density at radius 1 is 1.09 bits per heavy atom. The SMILES string of the molecule is O=S(=O)(Nc1ccccc1-c1ccc2c(c1)OC[C@@H](Cc1ccccn1)[C@@H]2O)C(F)(F)F. The Kier molecular flexibility index (Phi) is 5.83. The highest BCUT2D eigenvalue weighted by Gasteiger charge is 2.46. The van der Waals surface area contributed by atoms with E-state index in [0.29, 0.717) is 23.3 Å². The Bertz CT molecular complexity index is 1220. The first kappa shape index (κ1) is 22.1. The Hall–Kier alpha value is -3.11. The number of para-hydroxylation sites is 1. The molecule has 2 N–H and O–H groups in total. The zero-order valence-electron chi connectivity index (χ0n) is 16.6. The van der Waals surface area contributed by atoms with Gasteiger partial charge in [0, 0.05) is 28.9 Å². The zero-order chi connectivity index (χ0) is 22.9. The van der Waals surface area contributed by atoms with Crippen LogP contribution in [0.3, 0.4) is 0 Å². The van der Waals surface area contributed by atoms with Gasteiger partial charge in [0.1, 0.15) is 5.75 Å². The van der Waals surface area contributed by atoms with E-state index >= 15 is 0 Å². The molecule has 0 bridgehead atoms. The molecule has 2 atom stereocenters. The molecule has 2 heterocycles. The fourth-order valence-electron chi connectivity index (χ4n) is 3.60. The van der Waals surface area contributed by atoms with Crippen molar-refractivity contribution in [3.8, 4) is 16.9 Å². The molecule has 0 aliphatic carbocycles. The van der Waals surface area contributed by atoms with Crippen LogP contribution in [0.5, 0.6) is 5.75 Å². The van der Waals surface area contributed by atoms with E-state index in [9.17, 15) is 26.7 Å². The lowest BCUT2D eigenvalue weighted by molar-refractivity contribution is -0.0429. The van der Waals surface area contributed by atoms with Gasteiger partial charge in [-0.2, -0.15) is 21.6 Å². The van der Waals surface area contributed by atoms with Crippen LogP contribution in [0.2, 0.25) is 0 Å². The lowest BCUT2D eigenvalue weighted by Gasteiger charge is -2.30. The highest BCUT2D eigenvalue weighted by Crippen LogP contribution is 2.40. The summed E-state index contributed by atoms with van der Waals surface area (Å²) in [4.78, 5) is 4.27. The number of fused-ring (bicyclic) bond motifs is 1. The standard InChI is InChI=1S/C22H19F3N2O4S/c23-22(24,25)32(29,30)27-19-7-2-1-6-17(19)14-8-9-18-20(12-14)31-13-15(21(18)28)11-16-5-3-4-10-26-16/h1-10,12,15,21,27-28H,11,13H2/t15-,21+/m1/s1. The average Bonchev–Trinajstić information content (AvgIpc) is 2.75. The molecule has 32 heavy (non-hydrogen) atoms. The Labute approximate surface area is 182 Å². The molecule has 0 amide bonds. The first-order chi connectivity index (χ1) is 15.2. The van der Waals surface area contributed by atoms with Crippen LogP contribution >= 0.6 is 0 Å². The molecule has 3 aromatic rings. The number of aromatic nitrogens is 1. The van der Waals surface area contributed by atoms with Crippen LogP contribution in [0.15, 0.2) is 66.9 Å². The molecule has 10 heteroatoms. The second kappa shape index (κ2) is 8.44. The van der Waals surface area contributed by atoms with E-state index < -0.39 is 21.6 Å². The van der Waals surface area contributed by atoms with Crippen LogP contribution in [0.25, 0.3) is 11.1 Å². The number of rotatable bonds is 5. The maximum absolute atomic E-state index is 12.8. The third kappa shape index (κ3) is 4.42. The van der Waals surface area contributed by atoms with E-state index in [1.165, 1.54) is 18.2 Å². The fourth-order valence-corrected chi connectivity index (χ4v) is 4.18. The lowest BCUT2D eigenvalue weighted by atomic mass is 9.88. The second-order valence-electron chi connectivity index (χ2n) is 7.39. The third-order valence-electron chi connectivity index (χ3n) is 5.22. The predicted octanol–water partition coefficient (Wildman–Crippen LogP) is 4.29. The van der Waals surface area contributed by atoms with Gasteiger partial charge in [-0.05, 0) is 36.2 Å². The number of aliphatic hydroxyl groups excluding tert-OH is 1. The molecule has 6 nitrogen and oxygen atoms in total. The summed E-state index contributed by atoms with van der Waals surface area (Å²) in [6, 6.07) is 16.1. The Morgan fingerprint density at radius 2 is 1.84 bits per heavy atom. The summed E-state index contributed by atoms with van der Waals surface area (Å²) in [6.07, 6.45) is 1.38. The van der Waals surface area contributed by atoms with Crippen LogP contribution in [0.4, 0.5) is 18.9 Å². The van der Waals surface area contributed by atoms with E-state index in [1.54, 1.807) is 41.3 Å². The molecule has 2 aromatic carbocycles. The predicted molar refractivity (Wildman–Crippen MR) is 112 cm³/mol. The summed E-state index contributed by atoms with van der Waals surface area (Å²) in [7, 11) is -5.57. The van der Waals surface area contributed by atoms with Gasteiger partial charge in [0.2, 0.25) is 0 Å². The van der Waals surface area contributed by atoms with E-state index in [0.717, 1.165) is 5.69 Å². The number of ether oxygens (including phenoxy) is 1. The molecule has 0 saturated carbocycles. The highest BCUT2D eigenvalue weighted by atomic mass is 32.2. The molecule has 4 rings (SSSR count). The quantitative estimate of drug-likeness (QED) is 0.588. The third-order valence-corrected chi connectivity index (χ3v) is 6.31. The normalized spacial score (nSPS) is 18.5. The molecule has 0 saturated heterocycles. The summed E-state index contributed by atoms with van der Waals surface area (Å²) >= 11 is 0. The summed E-state index contributed by atoms with van der Waals surface area (Å²) in [5.41, 5.74) is -3.59. The summed E-state index contributed by atoms with van der Waals surface area (Å²) < 4.78 is 69.0. The highest BCUT2D eigenvalue weighted by molar-refractivity contribution is 7.93. The van der Waals surface area contributed by atoms with Gasteiger partial charge in [0.05, 0.1) is 18.4 Å². The number of alkyl halides is 3. The van der Waals surface area contributed by atoms with Gasteiger partial charge in [-0.1, -0.05) is 36.4 Å². The van der Waals surface area contributed by atoms with Crippen LogP contribution < -0.4 is 9.46 Å². The molecule has 0 fully saturated rings. The molecule has 1 aliphatic rings. The van der Waals surface area contributed by atoms with Gasteiger partial charge in [-0.15, -0.1) is 0 Å². The molecule has 0 unspecified atom stereocenters. The molecule has 1 aromatic heterocycles. The number of nitrogens with zero attached hydrogens (tertiary/aromatic N) is 1. The van der Waals surface area contributed by atoms with Crippen molar-refractivity contribution in [1.29, 1.82) is 0 Å². The van der Waals surface area contributed by atoms with Gasteiger partial charge >= 0.3 is 15.5 Å². The molecule has 1 aliphatic heterocycles. The molecule has 0 spiro atoms. The van der Waals surface area contributed by atoms with E-state index in [1.807, 2.05) is 12.1 Å². The fraction of sp³-hybridized carbons (Fsp3) is 0.227. The number of pyridine rings is 1.